The van der Waals surface area contributed by atoms with E-state index in [4.69, 9.17) is 0 Å². The molecule has 3 heterocycles. The number of sulfonamides is 1. The molecule has 3 aromatic rings. The number of amides is 2. The number of hydrogen-bond donors (Lipinski definition) is 3. The third kappa shape index (κ3) is 5.23. The summed E-state index contributed by atoms with van der Waals surface area (Å²) in [6.07, 6.45) is 3.65. The maximum Gasteiger partial charge on any atom is 0.319 e. The van der Waals surface area contributed by atoms with Crippen LogP contribution in [-0.4, -0.2) is 66.1 Å². The molecule has 2 aromatic heterocycles. The first kappa shape index (κ1) is 22.2. The normalized spacial score (nSPS) is 17.0. The van der Waals surface area contributed by atoms with E-state index in [0.29, 0.717) is 26.1 Å². The molecule has 1 atom stereocenters. The highest BCUT2D eigenvalue weighted by atomic mass is 32.2. The minimum absolute atomic E-state index is 0.0238. The second-order valence-corrected chi connectivity index (χ2v) is 9.65. The summed E-state index contributed by atoms with van der Waals surface area (Å²) in [5.74, 6) is 0. The van der Waals surface area contributed by atoms with Crippen LogP contribution in [0, 0.1) is 6.92 Å². The number of urea groups is 1. The Morgan fingerprint density at radius 1 is 1.28 bits per heavy atom. The topological polar surface area (TPSA) is 121 Å². The van der Waals surface area contributed by atoms with Crippen molar-refractivity contribution in [1.82, 2.24) is 29.5 Å². The van der Waals surface area contributed by atoms with Crippen LogP contribution in [0.4, 0.5) is 10.5 Å². The fraction of sp³-hybridized carbons (Fsp3) is 0.381. The second kappa shape index (κ2) is 9.23. The van der Waals surface area contributed by atoms with Crippen LogP contribution in [-0.2, 0) is 17.1 Å². The number of carbonyl (C=O) groups is 1. The van der Waals surface area contributed by atoms with Gasteiger partial charge in [-0.15, -0.1) is 0 Å². The minimum atomic E-state index is -3.63. The van der Waals surface area contributed by atoms with Gasteiger partial charge in [0.15, 0.2) is 5.03 Å². The van der Waals surface area contributed by atoms with Crippen molar-refractivity contribution in [1.29, 1.82) is 0 Å². The second-order valence-electron chi connectivity index (χ2n) is 7.99. The van der Waals surface area contributed by atoms with Crippen LogP contribution in [0.5, 0.6) is 0 Å². The molecule has 4 rings (SSSR count). The molecular formula is C21H27N7O3S. The summed E-state index contributed by atoms with van der Waals surface area (Å²) in [6.45, 7) is 4.32. The van der Waals surface area contributed by atoms with Gasteiger partial charge in [0.2, 0.25) is 0 Å². The molecule has 2 amide bonds. The summed E-state index contributed by atoms with van der Waals surface area (Å²) in [7, 11) is -1.90. The van der Waals surface area contributed by atoms with Gasteiger partial charge in [0, 0.05) is 50.0 Å². The molecule has 1 saturated heterocycles. The lowest BCUT2D eigenvalue weighted by Gasteiger charge is -2.17. The fourth-order valence-corrected chi connectivity index (χ4v) is 5.09. The highest BCUT2D eigenvalue weighted by Gasteiger charge is 2.28. The van der Waals surface area contributed by atoms with Crippen molar-refractivity contribution < 1.29 is 13.2 Å². The molecule has 1 fully saturated rings. The van der Waals surface area contributed by atoms with Crippen molar-refractivity contribution in [3.8, 4) is 0 Å². The van der Waals surface area contributed by atoms with Gasteiger partial charge in [-0.2, -0.15) is 0 Å². The molecule has 170 valence electrons. The monoisotopic (exact) mass is 457 g/mol. The average Bonchev–Trinajstić information content (AvgIpc) is 3.37. The smallest absolute Gasteiger partial charge is 0.319 e. The van der Waals surface area contributed by atoms with E-state index in [1.807, 2.05) is 37.3 Å². The number of imidazole rings is 1. The molecule has 0 bridgehead atoms. The van der Waals surface area contributed by atoms with E-state index < -0.39 is 10.0 Å². The van der Waals surface area contributed by atoms with Gasteiger partial charge in [0.25, 0.3) is 10.0 Å². The van der Waals surface area contributed by atoms with Crippen LogP contribution in [0.1, 0.15) is 12.1 Å². The number of nitrogens with one attached hydrogen (secondary N) is 3. The molecule has 3 N–H and O–H groups in total. The summed E-state index contributed by atoms with van der Waals surface area (Å²) in [5.41, 5.74) is 2.38. The predicted octanol–water partition coefficient (Wildman–Crippen LogP) is 1.45. The Kier molecular flexibility index (Phi) is 6.40. The number of carbonyl (C=O) groups excluding carboxylic acids is 1. The van der Waals surface area contributed by atoms with Crippen molar-refractivity contribution in [3.63, 3.8) is 0 Å². The van der Waals surface area contributed by atoms with E-state index in [9.17, 15) is 13.2 Å². The van der Waals surface area contributed by atoms with E-state index in [1.54, 1.807) is 11.6 Å². The highest BCUT2D eigenvalue weighted by Crippen LogP contribution is 2.22. The van der Waals surface area contributed by atoms with Gasteiger partial charge in [0.1, 0.15) is 0 Å². The van der Waals surface area contributed by atoms with Crippen LogP contribution in [0.15, 0.2) is 47.9 Å². The number of anilines is 1. The number of aromatic nitrogens is 3. The maximum absolute atomic E-state index is 12.4. The van der Waals surface area contributed by atoms with Crippen LogP contribution in [0.3, 0.4) is 0 Å². The lowest BCUT2D eigenvalue weighted by Crippen LogP contribution is -2.39. The Labute approximate surface area is 187 Å². The van der Waals surface area contributed by atoms with Gasteiger partial charge in [0.05, 0.1) is 17.5 Å². The Bertz CT molecular complexity index is 1230. The summed E-state index contributed by atoms with van der Waals surface area (Å²) in [5, 5.41) is 6.68. The Morgan fingerprint density at radius 3 is 2.88 bits per heavy atom. The van der Waals surface area contributed by atoms with Gasteiger partial charge in [-0.25, -0.2) is 22.9 Å². The molecule has 1 unspecified atom stereocenters. The first-order chi connectivity index (χ1) is 15.3. The van der Waals surface area contributed by atoms with Gasteiger partial charge < -0.3 is 15.2 Å². The van der Waals surface area contributed by atoms with Gasteiger partial charge in [-0.3, -0.25) is 9.88 Å². The summed E-state index contributed by atoms with van der Waals surface area (Å²) in [4.78, 5) is 22.9. The molecule has 11 heteroatoms. The molecule has 1 aliphatic heterocycles. The fourth-order valence-electron chi connectivity index (χ4n) is 3.84. The summed E-state index contributed by atoms with van der Waals surface area (Å²) < 4.78 is 29.2. The van der Waals surface area contributed by atoms with Gasteiger partial charge in [-0.1, -0.05) is 18.2 Å². The summed E-state index contributed by atoms with van der Waals surface area (Å²) in [6, 6.07) is 9.05. The zero-order valence-corrected chi connectivity index (χ0v) is 18.9. The average molecular weight is 458 g/mol. The molecule has 0 saturated carbocycles. The molecule has 0 spiro atoms. The zero-order valence-electron chi connectivity index (χ0n) is 18.1. The van der Waals surface area contributed by atoms with Crippen molar-refractivity contribution in [2.75, 3.05) is 31.5 Å². The molecule has 1 aromatic carbocycles. The van der Waals surface area contributed by atoms with Gasteiger partial charge >= 0.3 is 6.03 Å². The number of pyridine rings is 1. The first-order valence-electron chi connectivity index (χ1n) is 10.4. The summed E-state index contributed by atoms with van der Waals surface area (Å²) >= 11 is 0. The van der Waals surface area contributed by atoms with E-state index in [1.165, 1.54) is 12.5 Å². The SMILES string of the molecule is Cc1cc(NC(=O)NCCN2CCC(NS(=O)(=O)c3cn(C)cn3)C2)c2ccccc2n1. The van der Waals surface area contributed by atoms with E-state index in [0.717, 1.165) is 28.8 Å². The quantitative estimate of drug-likeness (QED) is 0.494. The lowest BCUT2D eigenvalue weighted by molar-refractivity contribution is 0.249. The Balaban J connectivity index is 1.25. The molecular weight excluding hydrogens is 430 g/mol. The van der Waals surface area contributed by atoms with E-state index in [-0.39, 0.29) is 17.1 Å². The molecule has 1 aliphatic rings. The number of nitrogens with zero attached hydrogens (tertiary/aromatic N) is 4. The van der Waals surface area contributed by atoms with Crippen molar-refractivity contribution in [2.24, 2.45) is 7.05 Å². The van der Waals surface area contributed by atoms with Crippen molar-refractivity contribution >= 4 is 32.6 Å². The number of para-hydroxylation sites is 1. The molecule has 0 aliphatic carbocycles. The molecule has 0 radical (unpaired) electrons. The largest absolute Gasteiger partial charge is 0.339 e. The number of likely N-dealkylation sites (tertiary alicyclic amines) is 1. The first-order valence-corrected chi connectivity index (χ1v) is 11.9. The van der Waals surface area contributed by atoms with E-state index in [2.05, 4.69) is 30.2 Å². The lowest BCUT2D eigenvalue weighted by atomic mass is 10.1. The van der Waals surface area contributed by atoms with E-state index >= 15 is 0 Å². The van der Waals surface area contributed by atoms with Crippen molar-refractivity contribution in [3.05, 3.63) is 48.5 Å². The number of rotatable bonds is 7. The minimum Gasteiger partial charge on any atom is -0.339 e. The van der Waals surface area contributed by atoms with Crippen LogP contribution < -0.4 is 15.4 Å². The predicted molar refractivity (Wildman–Crippen MR) is 122 cm³/mol. The Morgan fingerprint density at radius 2 is 2.09 bits per heavy atom. The van der Waals surface area contributed by atoms with Crippen LogP contribution in [0.25, 0.3) is 10.9 Å². The highest BCUT2D eigenvalue weighted by molar-refractivity contribution is 7.89. The molecule has 32 heavy (non-hydrogen) atoms. The molecule has 10 nitrogen and oxygen atoms in total. The number of aryl methyl sites for hydroxylation is 2. The van der Waals surface area contributed by atoms with Crippen LogP contribution >= 0.6 is 0 Å². The van der Waals surface area contributed by atoms with Crippen LogP contribution in [0.2, 0.25) is 0 Å². The number of fused-ring (bicyclic) bond motifs is 1. The maximum atomic E-state index is 12.4. The third-order valence-corrected chi connectivity index (χ3v) is 6.76. The van der Waals surface area contributed by atoms with Gasteiger partial charge in [-0.05, 0) is 32.0 Å². The van der Waals surface area contributed by atoms with Crippen molar-refractivity contribution in [2.45, 2.75) is 24.4 Å². The third-order valence-electron chi connectivity index (χ3n) is 5.36. The Hall–Kier alpha value is -3.02. The number of hydrogen-bond acceptors (Lipinski definition) is 6. The zero-order chi connectivity index (χ0) is 22.7. The standard InChI is InChI=1S/C21H27N7O3S/c1-15-11-19(17-5-3-4-6-18(17)24-15)25-21(29)22-8-10-28-9-7-16(12-28)26-32(30,31)20-13-27(2)14-23-20/h3-6,11,13-14,16,26H,7-10,12H2,1-2H3,(H2,22,24,25,29). The number of benzene rings is 1.